The van der Waals surface area contributed by atoms with Crippen LogP contribution in [0.2, 0.25) is 0 Å². The van der Waals surface area contributed by atoms with Gasteiger partial charge < -0.3 is 0 Å². The molecule has 0 heterocycles. The van der Waals surface area contributed by atoms with Crippen molar-refractivity contribution in [3.63, 3.8) is 0 Å². The molecule has 0 fully saturated rings. The van der Waals surface area contributed by atoms with Crippen molar-refractivity contribution < 1.29 is 20.8 Å². The molecule has 0 saturated heterocycles. The van der Waals surface area contributed by atoms with Crippen LogP contribution >= 0.6 is 0 Å². The van der Waals surface area contributed by atoms with Crippen molar-refractivity contribution in [3.8, 4) is 0 Å². The molecule has 6 nitrogen and oxygen atoms in total. The number of anilines is 1. The van der Waals surface area contributed by atoms with E-state index in [1.807, 2.05) is 0 Å². The second kappa shape index (κ2) is 4.85. The summed E-state index contributed by atoms with van der Waals surface area (Å²) in [6, 6.07) is 5.83. The predicted octanol–water partition coefficient (Wildman–Crippen LogP) is -1.21. The molecule has 1 aromatic rings. The zero-order valence-electron chi connectivity index (χ0n) is 7.54. The minimum atomic E-state index is -4.06. The average Bonchev–Trinajstić information content (AvgIpc) is 2.14. The molecule has 0 spiro atoms. The van der Waals surface area contributed by atoms with Gasteiger partial charge in [0.05, 0.1) is 0 Å². The Morgan fingerprint density at radius 1 is 1.27 bits per heavy atom. The molecule has 3 N–H and O–H groups in total. The van der Waals surface area contributed by atoms with Crippen LogP contribution in [0.5, 0.6) is 0 Å². The van der Waals surface area contributed by atoms with Crippen LogP contribution in [0.25, 0.3) is 0 Å². The van der Waals surface area contributed by atoms with Crippen LogP contribution < -0.4 is 9.67 Å². The van der Waals surface area contributed by atoms with Gasteiger partial charge in [0.1, 0.15) is 0 Å². The van der Waals surface area contributed by atoms with Gasteiger partial charge in [-0.15, -0.1) is 0 Å². The quantitative estimate of drug-likeness (QED) is 0.476. The molecule has 15 heavy (non-hydrogen) atoms. The molecular formula is C7H10AsNO5S. The van der Waals surface area contributed by atoms with Crippen LogP contribution in [-0.2, 0) is 13.9 Å². The van der Waals surface area contributed by atoms with Crippen molar-refractivity contribution >= 4 is 35.1 Å². The molecule has 0 bridgehead atoms. The van der Waals surface area contributed by atoms with Gasteiger partial charge in [-0.3, -0.25) is 0 Å². The summed E-state index contributed by atoms with van der Waals surface area (Å²) in [5, 5.41) is 2.45. The molecule has 0 aliphatic heterocycles. The number of rotatable bonds is 4. The predicted molar refractivity (Wildman–Crippen MR) is 56.2 cm³/mol. The molecule has 0 aliphatic carbocycles. The number of nitrogens with one attached hydrogen (secondary N) is 1. The molecule has 0 aromatic heterocycles. The zero-order valence-corrected chi connectivity index (χ0v) is 10.5. The van der Waals surface area contributed by atoms with E-state index in [0.717, 1.165) is 0 Å². The molecule has 1 unspecified atom stereocenters. The van der Waals surface area contributed by atoms with Gasteiger partial charge in [-0.1, -0.05) is 0 Å². The summed E-state index contributed by atoms with van der Waals surface area (Å²) in [5.41, 5.74) is 0.454. The molecule has 0 amide bonds. The molecule has 1 atom stereocenters. The molecule has 84 valence electrons. The first-order chi connectivity index (χ1) is 6.88. The summed E-state index contributed by atoms with van der Waals surface area (Å²) in [6.45, 7) is 0. The van der Waals surface area contributed by atoms with Crippen molar-refractivity contribution in [2.24, 2.45) is 0 Å². The summed E-state index contributed by atoms with van der Waals surface area (Å²) < 4.78 is 49.1. The van der Waals surface area contributed by atoms with Gasteiger partial charge in [-0.2, -0.15) is 0 Å². The zero-order chi connectivity index (χ0) is 11.5. The molecular weight excluding hydrogens is 285 g/mol. The monoisotopic (exact) mass is 295 g/mol. The van der Waals surface area contributed by atoms with Crippen LogP contribution in [0.1, 0.15) is 0 Å². The summed E-state index contributed by atoms with van der Waals surface area (Å²) in [7, 11) is -4.06. The second-order valence-corrected chi connectivity index (χ2v) is 6.73. The Balaban J connectivity index is 2.69. The van der Waals surface area contributed by atoms with E-state index < -0.39 is 30.9 Å². The van der Waals surface area contributed by atoms with Crippen LogP contribution in [0.15, 0.2) is 24.3 Å². The summed E-state index contributed by atoms with van der Waals surface area (Å²) in [5.74, 6) is -0.591. The summed E-state index contributed by atoms with van der Waals surface area (Å²) in [6.07, 6.45) is 0. The van der Waals surface area contributed by atoms with Gasteiger partial charge in [0.25, 0.3) is 0 Å². The van der Waals surface area contributed by atoms with Crippen molar-refractivity contribution in [1.29, 1.82) is 0 Å². The first-order valence-electron chi connectivity index (χ1n) is 3.91. The maximum absolute atomic E-state index is 10.7. The van der Waals surface area contributed by atoms with E-state index in [-0.39, 0.29) is 0 Å². The molecule has 1 rings (SSSR count). The molecule has 1 aromatic carbocycles. The summed E-state index contributed by atoms with van der Waals surface area (Å²) in [4.78, 5) is 0. The normalized spacial score (nSPS) is 13.5. The van der Waals surface area contributed by atoms with Crippen molar-refractivity contribution in [3.05, 3.63) is 24.3 Å². The van der Waals surface area contributed by atoms with Gasteiger partial charge in [0.15, 0.2) is 0 Å². The van der Waals surface area contributed by atoms with Crippen LogP contribution in [-0.4, -0.2) is 37.9 Å². The number of hydrogen-bond acceptors (Lipinski definition) is 4. The Hall–Kier alpha value is -0.752. The Morgan fingerprint density at radius 3 is 2.20 bits per heavy atom. The van der Waals surface area contributed by atoms with Gasteiger partial charge in [0, 0.05) is 0 Å². The first kappa shape index (κ1) is 12.3. The van der Waals surface area contributed by atoms with Crippen LogP contribution in [0.3, 0.4) is 0 Å². The van der Waals surface area contributed by atoms with Crippen molar-refractivity contribution in [1.82, 2.24) is 0 Å². The van der Waals surface area contributed by atoms with E-state index in [4.69, 9.17) is 8.65 Å². The Kier molecular flexibility index (Phi) is 3.98. The van der Waals surface area contributed by atoms with Gasteiger partial charge in [-0.05, 0) is 0 Å². The van der Waals surface area contributed by atoms with E-state index in [9.17, 15) is 12.2 Å². The Morgan fingerprint density at radius 2 is 1.80 bits per heavy atom. The van der Waals surface area contributed by atoms with Crippen molar-refractivity contribution in [2.75, 3.05) is 11.2 Å². The van der Waals surface area contributed by atoms with E-state index in [0.29, 0.717) is 10.0 Å². The minimum absolute atomic E-state index is 0.354. The fourth-order valence-electron chi connectivity index (χ4n) is 0.905. The van der Waals surface area contributed by atoms with Gasteiger partial charge >= 0.3 is 91.4 Å². The molecule has 0 aliphatic rings. The summed E-state index contributed by atoms with van der Waals surface area (Å²) >= 11 is -3.30. The topological polar surface area (TPSA) is 104 Å². The average molecular weight is 295 g/mol. The van der Waals surface area contributed by atoms with Gasteiger partial charge in [0.2, 0.25) is 0 Å². The van der Waals surface area contributed by atoms with Crippen LogP contribution in [0, 0.1) is 0 Å². The first-order valence-corrected chi connectivity index (χ1v) is 8.36. The number of hydrogen-bond donors (Lipinski definition) is 3. The Labute approximate surface area is 91.5 Å². The maximum atomic E-state index is 10.7. The fourth-order valence-corrected chi connectivity index (χ4v) is 2.20. The van der Waals surface area contributed by atoms with Crippen LogP contribution in [0.4, 0.5) is 5.69 Å². The van der Waals surface area contributed by atoms with E-state index in [1.54, 1.807) is 0 Å². The third-order valence-electron chi connectivity index (χ3n) is 1.59. The fraction of sp³-hybridized carbons (Fsp3) is 0.143. The van der Waals surface area contributed by atoms with E-state index >= 15 is 0 Å². The van der Waals surface area contributed by atoms with E-state index in [2.05, 4.69) is 5.32 Å². The third-order valence-corrected chi connectivity index (χ3v) is 3.84. The SMILES string of the molecule is O=[AsH](O)c1ccc(NCS(=O)(=O)O)cc1. The molecule has 0 saturated carbocycles. The molecule has 8 heteroatoms. The van der Waals surface area contributed by atoms with Gasteiger partial charge in [-0.25, -0.2) is 0 Å². The number of benzene rings is 1. The standard InChI is InChI=1S/C7H10AsNO5S/c10-8(11)6-1-3-7(4-2-6)9-5-15(12,13)14/h1-4,8-9H,5H2,(H,10,11)(H,12,13,14). The van der Waals surface area contributed by atoms with E-state index in [1.165, 1.54) is 24.3 Å². The third kappa shape index (κ3) is 4.52. The second-order valence-electron chi connectivity index (χ2n) is 2.79. The Bertz CT molecular complexity index is 455. The molecule has 0 radical (unpaired) electrons. The van der Waals surface area contributed by atoms with Crippen molar-refractivity contribution in [2.45, 2.75) is 0 Å².